The van der Waals surface area contributed by atoms with E-state index in [1.54, 1.807) is 0 Å². The van der Waals surface area contributed by atoms with E-state index in [0.29, 0.717) is 6.61 Å². The Kier molecular flexibility index (Phi) is 8.51. The first-order chi connectivity index (χ1) is 6.48. The molecule has 0 amide bonds. The van der Waals surface area contributed by atoms with Gasteiger partial charge in [-0.1, -0.05) is 67.9 Å². The Hall–Kier alpha value is 0.830. The van der Waals surface area contributed by atoms with Gasteiger partial charge in [-0.2, -0.15) is 0 Å². The zero-order valence-corrected chi connectivity index (χ0v) is 10.8. The molecule has 0 N–H and O–H groups in total. The lowest BCUT2D eigenvalue weighted by Gasteiger charge is -2.19. The highest BCUT2D eigenvalue weighted by Crippen LogP contribution is 2.34. The Morgan fingerprint density at radius 1 is 1.21 bits per heavy atom. The molecular weight excluding hydrogens is 242 g/mol. The minimum Gasteiger partial charge on any atom is -0.381 e. The molecule has 1 atom stereocenters. The molecule has 85 valence electrons. The molecule has 1 radical (unpaired) electrons. The lowest BCUT2D eigenvalue weighted by Crippen LogP contribution is -2.21. The van der Waals surface area contributed by atoms with Gasteiger partial charge in [0.1, 0.15) is 0 Å². The normalized spacial score (nSPS) is 14.4. The molecule has 0 aliphatic heterocycles. The van der Waals surface area contributed by atoms with Gasteiger partial charge in [0, 0.05) is 12.5 Å². The molecule has 0 aromatic rings. The molecule has 1 nitrogen and oxygen atoms in total. The van der Waals surface area contributed by atoms with Crippen LogP contribution in [0, 0.1) is 12.8 Å². The van der Waals surface area contributed by atoms with Crippen molar-refractivity contribution in [2.45, 2.75) is 36.4 Å². The van der Waals surface area contributed by atoms with Crippen molar-refractivity contribution >= 4 is 34.8 Å². The maximum atomic E-state index is 5.69. The number of unbranched alkanes of at least 4 members (excludes halogenated alkanes) is 3. The van der Waals surface area contributed by atoms with Crippen LogP contribution in [0.3, 0.4) is 0 Å². The van der Waals surface area contributed by atoms with Gasteiger partial charge in [-0.3, -0.25) is 0 Å². The van der Waals surface area contributed by atoms with E-state index in [4.69, 9.17) is 39.5 Å². The van der Waals surface area contributed by atoms with Gasteiger partial charge >= 0.3 is 0 Å². The predicted molar refractivity (Wildman–Crippen MR) is 64.1 cm³/mol. The van der Waals surface area contributed by atoms with Crippen LogP contribution in [-0.2, 0) is 4.74 Å². The summed E-state index contributed by atoms with van der Waals surface area (Å²) in [6.45, 7) is 6.88. The molecule has 0 aromatic heterocycles. The number of alkyl halides is 3. The lowest BCUT2D eigenvalue weighted by atomic mass is 10.2. The predicted octanol–water partition coefficient (Wildman–Crippen LogP) is 4.40. The van der Waals surface area contributed by atoms with Gasteiger partial charge in [-0.25, -0.2) is 0 Å². The van der Waals surface area contributed by atoms with Crippen LogP contribution in [0.1, 0.15) is 32.6 Å². The fourth-order valence-corrected chi connectivity index (χ4v) is 1.10. The summed E-state index contributed by atoms with van der Waals surface area (Å²) in [5.41, 5.74) is 0. The van der Waals surface area contributed by atoms with Crippen molar-refractivity contribution in [2.75, 3.05) is 13.2 Å². The van der Waals surface area contributed by atoms with Gasteiger partial charge in [0.05, 0.1) is 6.61 Å². The van der Waals surface area contributed by atoms with E-state index in [0.717, 1.165) is 32.3 Å². The average Bonchev–Trinajstić information content (AvgIpc) is 2.09. The Morgan fingerprint density at radius 3 is 2.36 bits per heavy atom. The second kappa shape index (κ2) is 8.04. The van der Waals surface area contributed by atoms with Crippen molar-refractivity contribution in [1.29, 1.82) is 0 Å². The Labute approximate surface area is 102 Å². The highest BCUT2D eigenvalue weighted by Gasteiger charge is 2.28. The number of ether oxygens (including phenoxy) is 1. The van der Waals surface area contributed by atoms with Crippen LogP contribution >= 0.6 is 34.8 Å². The second-order valence-electron chi connectivity index (χ2n) is 3.43. The Balaban J connectivity index is 3.28. The maximum Gasteiger partial charge on any atom is 0.195 e. The first-order valence-electron chi connectivity index (χ1n) is 4.92. The molecule has 0 aliphatic carbocycles. The summed E-state index contributed by atoms with van der Waals surface area (Å²) in [7, 11) is 0. The summed E-state index contributed by atoms with van der Waals surface area (Å²) >= 11 is 17.1. The van der Waals surface area contributed by atoms with Crippen LogP contribution in [-0.4, -0.2) is 17.0 Å². The number of hydrogen-bond donors (Lipinski definition) is 0. The first-order valence-corrected chi connectivity index (χ1v) is 6.05. The van der Waals surface area contributed by atoms with Crippen molar-refractivity contribution < 1.29 is 4.74 Å². The smallest absolute Gasteiger partial charge is 0.195 e. The Morgan fingerprint density at radius 2 is 1.86 bits per heavy atom. The fourth-order valence-electron chi connectivity index (χ4n) is 0.912. The molecule has 0 aliphatic rings. The standard InChI is InChI=1S/C10H18Cl3O/c1-3-4-5-6-7-14-8-9(2)10(11,12)13/h9H,1,3-8H2,2H3. The minimum absolute atomic E-state index is 0.0691. The van der Waals surface area contributed by atoms with Gasteiger partial charge in [-0.05, 0) is 6.42 Å². The highest BCUT2D eigenvalue weighted by molar-refractivity contribution is 6.67. The molecule has 0 rings (SSSR count). The summed E-state index contributed by atoms with van der Waals surface area (Å²) in [4.78, 5) is 0. The zero-order chi connectivity index (χ0) is 11.0. The lowest BCUT2D eigenvalue weighted by molar-refractivity contribution is 0.102. The fraction of sp³-hybridized carbons (Fsp3) is 0.900. The third-order valence-electron chi connectivity index (χ3n) is 1.97. The summed E-state index contributed by atoms with van der Waals surface area (Å²) in [6.07, 6.45) is 4.36. The molecular formula is C10H18Cl3O. The summed E-state index contributed by atoms with van der Waals surface area (Å²) in [5, 5.41) is 0. The quantitative estimate of drug-likeness (QED) is 0.487. The van der Waals surface area contributed by atoms with E-state index in [-0.39, 0.29) is 5.92 Å². The largest absolute Gasteiger partial charge is 0.381 e. The van der Waals surface area contributed by atoms with Crippen molar-refractivity contribution in [3.8, 4) is 0 Å². The third kappa shape index (κ3) is 8.16. The second-order valence-corrected chi connectivity index (χ2v) is 5.80. The van der Waals surface area contributed by atoms with Crippen molar-refractivity contribution in [3.05, 3.63) is 6.92 Å². The third-order valence-corrected chi connectivity index (χ3v) is 3.08. The van der Waals surface area contributed by atoms with Gasteiger partial charge in [-0.15, -0.1) is 0 Å². The van der Waals surface area contributed by atoms with E-state index in [1.807, 2.05) is 6.92 Å². The summed E-state index contributed by atoms with van der Waals surface area (Å²) in [5.74, 6) is -0.0691. The molecule has 14 heavy (non-hydrogen) atoms. The molecule has 0 saturated heterocycles. The van der Waals surface area contributed by atoms with Crippen LogP contribution < -0.4 is 0 Å². The van der Waals surface area contributed by atoms with Crippen LogP contribution in [0.2, 0.25) is 0 Å². The van der Waals surface area contributed by atoms with E-state index in [2.05, 4.69) is 6.92 Å². The maximum absolute atomic E-state index is 5.69. The first kappa shape index (κ1) is 14.8. The Bertz CT molecular complexity index is 134. The SMILES string of the molecule is [CH2]CCCCCOCC(C)C(Cl)(Cl)Cl. The molecule has 4 heteroatoms. The topological polar surface area (TPSA) is 9.23 Å². The van der Waals surface area contributed by atoms with Crippen molar-refractivity contribution in [2.24, 2.45) is 5.92 Å². The van der Waals surface area contributed by atoms with Crippen LogP contribution in [0.5, 0.6) is 0 Å². The molecule has 0 fully saturated rings. The average molecular weight is 261 g/mol. The highest BCUT2D eigenvalue weighted by atomic mass is 35.6. The molecule has 0 saturated carbocycles. The van der Waals surface area contributed by atoms with Crippen molar-refractivity contribution in [3.63, 3.8) is 0 Å². The van der Waals surface area contributed by atoms with E-state index >= 15 is 0 Å². The van der Waals surface area contributed by atoms with Crippen LogP contribution in [0.25, 0.3) is 0 Å². The summed E-state index contributed by atoms with van der Waals surface area (Å²) in [6, 6.07) is 0. The van der Waals surface area contributed by atoms with E-state index in [9.17, 15) is 0 Å². The number of rotatable bonds is 7. The molecule has 0 aromatic carbocycles. The number of hydrogen-bond acceptors (Lipinski definition) is 1. The van der Waals surface area contributed by atoms with E-state index in [1.165, 1.54) is 0 Å². The van der Waals surface area contributed by atoms with Gasteiger partial charge < -0.3 is 4.74 Å². The van der Waals surface area contributed by atoms with Crippen LogP contribution in [0.4, 0.5) is 0 Å². The molecule has 0 bridgehead atoms. The molecule has 0 heterocycles. The number of halogens is 3. The zero-order valence-electron chi connectivity index (χ0n) is 8.57. The minimum atomic E-state index is -1.21. The molecule has 0 spiro atoms. The van der Waals surface area contributed by atoms with Gasteiger partial charge in [0.2, 0.25) is 0 Å². The van der Waals surface area contributed by atoms with Gasteiger partial charge in [0.25, 0.3) is 0 Å². The van der Waals surface area contributed by atoms with Gasteiger partial charge in [0.15, 0.2) is 3.79 Å². The van der Waals surface area contributed by atoms with Crippen LogP contribution in [0.15, 0.2) is 0 Å². The van der Waals surface area contributed by atoms with E-state index < -0.39 is 3.79 Å². The molecule has 1 unspecified atom stereocenters. The summed E-state index contributed by atoms with van der Waals surface area (Å²) < 4.78 is 4.18. The van der Waals surface area contributed by atoms with Crippen molar-refractivity contribution in [1.82, 2.24) is 0 Å². The monoisotopic (exact) mass is 259 g/mol.